The molecule has 0 aromatic rings. The lowest BCUT2D eigenvalue weighted by Gasteiger charge is -2.33. The molecule has 0 saturated heterocycles. The molecule has 84 valence electrons. The van der Waals surface area contributed by atoms with Crippen LogP contribution in [0.2, 0.25) is 0 Å². The number of hydrogen-bond acceptors (Lipinski definition) is 4. The Labute approximate surface area is 85.5 Å². The van der Waals surface area contributed by atoms with Gasteiger partial charge in [0.1, 0.15) is 0 Å². The molecule has 1 saturated carbocycles. The third kappa shape index (κ3) is 3.91. The maximum Gasteiger partial charge on any atom is 0.212 e. The third-order valence-corrected chi connectivity index (χ3v) is 3.81. The van der Waals surface area contributed by atoms with Gasteiger partial charge < -0.3 is 11.1 Å². The van der Waals surface area contributed by atoms with Crippen molar-refractivity contribution in [1.29, 1.82) is 0 Å². The number of nitrogens with one attached hydrogen (secondary N) is 2. The van der Waals surface area contributed by atoms with Crippen molar-refractivity contribution in [2.45, 2.75) is 31.8 Å². The molecule has 0 unspecified atom stereocenters. The second-order valence-electron chi connectivity index (χ2n) is 3.70. The lowest BCUT2D eigenvalue weighted by Crippen LogP contribution is -2.49. The summed E-state index contributed by atoms with van der Waals surface area (Å²) in [5.41, 5.74) is 5.60. The number of sulfonamides is 1. The summed E-state index contributed by atoms with van der Waals surface area (Å²) in [4.78, 5) is 0. The van der Waals surface area contributed by atoms with Gasteiger partial charge >= 0.3 is 0 Å². The van der Waals surface area contributed by atoms with E-state index in [9.17, 15) is 8.42 Å². The van der Waals surface area contributed by atoms with Crippen LogP contribution in [0, 0.1) is 0 Å². The van der Waals surface area contributed by atoms with Gasteiger partial charge in [-0.05, 0) is 12.8 Å². The molecule has 1 rings (SSSR count). The molecule has 0 bridgehead atoms. The first-order valence-electron chi connectivity index (χ1n) is 5.00. The Morgan fingerprint density at radius 1 is 1.43 bits per heavy atom. The zero-order valence-electron chi connectivity index (χ0n) is 8.49. The highest BCUT2D eigenvalue weighted by Gasteiger charge is 2.25. The van der Waals surface area contributed by atoms with Gasteiger partial charge in [0.15, 0.2) is 0 Å². The molecule has 14 heavy (non-hydrogen) atoms. The molecular weight excluding hydrogens is 202 g/mol. The van der Waals surface area contributed by atoms with E-state index in [-0.39, 0.29) is 5.75 Å². The number of hydrogen-bond donors (Lipinski definition) is 3. The molecule has 1 fully saturated rings. The average Bonchev–Trinajstić information content (AvgIpc) is 2.00. The van der Waals surface area contributed by atoms with E-state index < -0.39 is 10.0 Å². The Morgan fingerprint density at radius 2 is 2.07 bits per heavy atom. The standard InChI is InChI=1S/C8H19N3O2S/c1-2-11-14(12,13)4-3-10-8-5-7(9)6-8/h7-8,10-11H,2-6,9H2,1H3. The summed E-state index contributed by atoms with van der Waals surface area (Å²) in [5, 5.41) is 3.16. The first-order chi connectivity index (χ1) is 6.53. The molecule has 1 aliphatic carbocycles. The quantitative estimate of drug-likeness (QED) is 0.537. The summed E-state index contributed by atoms with van der Waals surface area (Å²) in [6.07, 6.45) is 1.92. The van der Waals surface area contributed by atoms with Crippen molar-refractivity contribution >= 4 is 10.0 Å². The summed E-state index contributed by atoms with van der Waals surface area (Å²) in [6, 6.07) is 0.722. The molecule has 0 aromatic heterocycles. The molecule has 0 aliphatic heterocycles. The van der Waals surface area contributed by atoms with Crippen molar-refractivity contribution in [3.63, 3.8) is 0 Å². The minimum atomic E-state index is -3.07. The SMILES string of the molecule is CCNS(=O)(=O)CCNC1CC(N)C1. The van der Waals surface area contributed by atoms with E-state index in [0.717, 1.165) is 12.8 Å². The van der Waals surface area contributed by atoms with Crippen LogP contribution >= 0.6 is 0 Å². The van der Waals surface area contributed by atoms with Crippen LogP contribution in [0.4, 0.5) is 0 Å². The fourth-order valence-corrected chi connectivity index (χ4v) is 2.49. The molecule has 5 nitrogen and oxygen atoms in total. The largest absolute Gasteiger partial charge is 0.328 e. The average molecular weight is 221 g/mol. The molecule has 0 radical (unpaired) electrons. The highest BCUT2D eigenvalue weighted by Crippen LogP contribution is 2.16. The van der Waals surface area contributed by atoms with E-state index in [1.165, 1.54) is 0 Å². The van der Waals surface area contributed by atoms with E-state index in [1.54, 1.807) is 6.92 Å². The molecule has 6 heteroatoms. The van der Waals surface area contributed by atoms with Crippen LogP contribution < -0.4 is 15.8 Å². The van der Waals surface area contributed by atoms with Gasteiger partial charge in [0.25, 0.3) is 0 Å². The lowest BCUT2D eigenvalue weighted by molar-refractivity contribution is 0.297. The zero-order chi connectivity index (χ0) is 10.6. The monoisotopic (exact) mass is 221 g/mol. The Balaban J connectivity index is 2.09. The molecule has 0 spiro atoms. The topological polar surface area (TPSA) is 84.2 Å². The second kappa shape index (κ2) is 5.06. The Morgan fingerprint density at radius 3 is 2.57 bits per heavy atom. The van der Waals surface area contributed by atoms with Gasteiger partial charge in [0, 0.05) is 25.2 Å². The molecule has 1 aliphatic rings. The van der Waals surface area contributed by atoms with Crippen LogP contribution in [0.3, 0.4) is 0 Å². The van der Waals surface area contributed by atoms with E-state index in [2.05, 4.69) is 10.0 Å². The summed E-state index contributed by atoms with van der Waals surface area (Å²) < 4.78 is 24.9. The first kappa shape index (κ1) is 11.9. The highest BCUT2D eigenvalue weighted by molar-refractivity contribution is 7.89. The van der Waals surface area contributed by atoms with E-state index >= 15 is 0 Å². The van der Waals surface area contributed by atoms with E-state index in [0.29, 0.717) is 25.2 Å². The second-order valence-corrected chi connectivity index (χ2v) is 5.63. The Kier molecular flexibility index (Phi) is 4.31. The zero-order valence-corrected chi connectivity index (χ0v) is 9.31. The molecule has 0 amide bonds. The van der Waals surface area contributed by atoms with Crippen molar-refractivity contribution in [2.24, 2.45) is 5.73 Å². The fraction of sp³-hybridized carbons (Fsp3) is 1.00. The van der Waals surface area contributed by atoms with Gasteiger partial charge in [-0.25, -0.2) is 13.1 Å². The van der Waals surface area contributed by atoms with Crippen molar-refractivity contribution in [2.75, 3.05) is 18.8 Å². The summed E-state index contributed by atoms with van der Waals surface area (Å²) in [6.45, 7) is 2.74. The fourth-order valence-electron chi connectivity index (χ4n) is 1.52. The first-order valence-corrected chi connectivity index (χ1v) is 6.65. The number of rotatable bonds is 6. The summed E-state index contributed by atoms with van der Waals surface area (Å²) in [7, 11) is -3.07. The number of nitrogens with two attached hydrogens (primary N) is 1. The van der Waals surface area contributed by atoms with Crippen LogP contribution in [-0.2, 0) is 10.0 Å². The van der Waals surface area contributed by atoms with Crippen LogP contribution in [-0.4, -0.2) is 39.3 Å². The predicted octanol–water partition coefficient (Wildman–Crippen LogP) is -0.995. The third-order valence-electron chi connectivity index (χ3n) is 2.34. The molecule has 0 heterocycles. The van der Waals surface area contributed by atoms with Gasteiger partial charge in [-0.2, -0.15) is 0 Å². The lowest BCUT2D eigenvalue weighted by atomic mass is 9.88. The van der Waals surface area contributed by atoms with Crippen LogP contribution in [0.15, 0.2) is 0 Å². The van der Waals surface area contributed by atoms with Crippen LogP contribution in [0.5, 0.6) is 0 Å². The minimum Gasteiger partial charge on any atom is -0.328 e. The summed E-state index contributed by atoms with van der Waals surface area (Å²) in [5.74, 6) is 0.145. The Hall–Kier alpha value is -0.170. The molecule has 0 atom stereocenters. The summed E-state index contributed by atoms with van der Waals surface area (Å²) >= 11 is 0. The van der Waals surface area contributed by atoms with Crippen molar-refractivity contribution in [3.05, 3.63) is 0 Å². The van der Waals surface area contributed by atoms with Gasteiger partial charge in [-0.15, -0.1) is 0 Å². The molecule has 0 aromatic carbocycles. The van der Waals surface area contributed by atoms with Crippen molar-refractivity contribution < 1.29 is 8.42 Å². The predicted molar refractivity (Wildman–Crippen MR) is 56.5 cm³/mol. The smallest absolute Gasteiger partial charge is 0.212 e. The molecular formula is C8H19N3O2S. The van der Waals surface area contributed by atoms with Crippen molar-refractivity contribution in [3.8, 4) is 0 Å². The molecule has 4 N–H and O–H groups in total. The van der Waals surface area contributed by atoms with E-state index in [1.807, 2.05) is 0 Å². The van der Waals surface area contributed by atoms with Gasteiger partial charge in [0.05, 0.1) is 5.75 Å². The Bertz CT molecular complexity index is 260. The van der Waals surface area contributed by atoms with Crippen LogP contribution in [0.25, 0.3) is 0 Å². The highest BCUT2D eigenvalue weighted by atomic mass is 32.2. The van der Waals surface area contributed by atoms with Crippen molar-refractivity contribution in [1.82, 2.24) is 10.0 Å². The van der Waals surface area contributed by atoms with Gasteiger partial charge in [-0.1, -0.05) is 6.92 Å². The normalized spacial score (nSPS) is 27.3. The maximum atomic E-state index is 11.2. The van der Waals surface area contributed by atoms with E-state index in [4.69, 9.17) is 5.73 Å². The maximum absolute atomic E-state index is 11.2. The van der Waals surface area contributed by atoms with Gasteiger partial charge in [-0.3, -0.25) is 0 Å². The minimum absolute atomic E-state index is 0.145. The van der Waals surface area contributed by atoms with Gasteiger partial charge in [0.2, 0.25) is 10.0 Å². The van der Waals surface area contributed by atoms with Crippen LogP contribution in [0.1, 0.15) is 19.8 Å².